The average Bonchev–Trinajstić information content (AvgIpc) is 3.11. The van der Waals surface area contributed by atoms with Crippen molar-refractivity contribution in [1.29, 1.82) is 0 Å². The first-order valence-corrected chi connectivity index (χ1v) is 7.26. The Balaban J connectivity index is 1.80. The van der Waals surface area contributed by atoms with Gasteiger partial charge in [0.2, 0.25) is 5.91 Å². The zero-order valence-electron chi connectivity index (χ0n) is 12.3. The van der Waals surface area contributed by atoms with Gasteiger partial charge in [-0.1, -0.05) is 23.8 Å². The molecule has 1 aromatic carbocycles. The minimum absolute atomic E-state index is 0.000793. The van der Waals surface area contributed by atoms with Crippen molar-refractivity contribution in [2.75, 3.05) is 12.4 Å². The summed E-state index contributed by atoms with van der Waals surface area (Å²) in [6.45, 7) is 1.90. The summed E-state index contributed by atoms with van der Waals surface area (Å²) < 4.78 is 4.79. The van der Waals surface area contributed by atoms with Crippen LogP contribution in [0.2, 0.25) is 0 Å². The number of rotatable bonds is 3. The van der Waals surface area contributed by atoms with Gasteiger partial charge in [0.25, 0.3) is 0 Å². The number of amides is 1. The molecule has 2 bridgehead atoms. The molecule has 1 amide bonds. The lowest BCUT2D eigenvalue weighted by atomic mass is 9.92. The van der Waals surface area contributed by atoms with Gasteiger partial charge in [-0.3, -0.25) is 4.79 Å². The van der Waals surface area contributed by atoms with E-state index >= 15 is 0 Å². The topological polar surface area (TPSA) is 55.4 Å². The van der Waals surface area contributed by atoms with Gasteiger partial charge in [-0.25, -0.2) is 4.79 Å². The Kier molecular flexibility index (Phi) is 3.53. The fourth-order valence-corrected chi connectivity index (χ4v) is 3.35. The quantitative estimate of drug-likeness (QED) is 0.686. The summed E-state index contributed by atoms with van der Waals surface area (Å²) in [6.07, 6.45) is 6.34. The number of aryl methyl sites for hydroxylation is 1. The van der Waals surface area contributed by atoms with Crippen molar-refractivity contribution in [1.82, 2.24) is 0 Å². The molecule has 1 fully saturated rings. The predicted octanol–water partition coefficient (Wildman–Crippen LogP) is 2.93. The van der Waals surface area contributed by atoms with Crippen LogP contribution in [0.4, 0.5) is 5.69 Å². The van der Waals surface area contributed by atoms with Crippen LogP contribution in [0.5, 0.6) is 0 Å². The summed E-state index contributed by atoms with van der Waals surface area (Å²) in [5, 5.41) is 2.91. The maximum absolute atomic E-state index is 12.5. The van der Waals surface area contributed by atoms with Gasteiger partial charge >= 0.3 is 5.97 Å². The Morgan fingerprint density at radius 1 is 1.24 bits per heavy atom. The Morgan fingerprint density at radius 2 is 2.05 bits per heavy atom. The van der Waals surface area contributed by atoms with E-state index in [-0.39, 0.29) is 11.8 Å². The molecule has 2 aliphatic carbocycles. The van der Waals surface area contributed by atoms with Crippen molar-refractivity contribution >= 4 is 17.6 Å². The van der Waals surface area contributed by atoms with Gasteiger partial charge in [-0.2, -0.15) is 0 Å². The number of benzene rings is 1. The molecule has 1 aromatic rings. The molecule has 0 aromatic heterocycles. The largest absolute Gasteiger partial charge is 0.465 e. The minimum Gasteiger partial charge on any atom is -0.465 e. The highest BCUT2D eigenvalue weighted by Gasteiger charge is 2.39. The molecular formula is C17H19NO3. The normalized spacial score (nSPS) is 25.9. The number of hydrogen-bond donors (Lipinski definition) is 1. The van der Waals surface area contributed by atoms with E-state index in [1.807, 2.05) is 13.0 Å². The zero-order valence-corrected chi connectivity index (χ0v) is 12.3. The highest BCUT2D eigenvalue weighted by Crippen LogP contribution is 2.43. The molecule has 0 radical (unpaired) electrons. The summed E-state index contributed by atoms with van der Waals surface area (Å²) in [7, 11) is 1.34. The van der Waals surface area contributed by atoms with E-state index in [1.165, 1.54) is 7.11 Å². The number of carbonyl (C=O) groups is 2. The molecule has 2 aliphatic rings. The molecule has 0 aliphatic heterocycles. The Hall–Kier alpha value is -2.10. The predicted molar refractivity (Wildman–Crippen MR) is 80.0 cm³/mol. The number of anilines is 1. The lowest BCUT2D eigenvalue weighted by Crippen LogP contribution is -2.26. The number of nitrogens with one attached hydrogen (secondary N) is 1. The molecule has 0 heterocycles. The number of methoxy groups -OCH3 is 1. The summed E-state index contributed by atoms with van der Waals surface area (Å²) in [4.78, 5) is 24.3. The monoisotopic (exact) mass is 285 g/mol. The second kappa shape index (κ2) is 5.35. The number of fused-ring (bicyclic) bond motifs is 2. The van der Waals surface area contributed by atoms with Crippen LogP contribution in [0.15, 0.2) is 30.4 Å². The summed E-state index contributed by atoms with van der Waals surface area (Å²) >= 11 is 0. The number of ether oxygens (including phenoxy) is 1. The smallest absolute Gasteiger partial charge is 0.339 e. The second-order valence-electron chi connectivity index (χ2n) is 5.92. The second-order valence-corrected chi connectivity index (χ2v) is 5.92. The molecule has 4 nitrogen and oxygen atoms in total. The van der Waals surface area contributed by atoms with E-state index in [0.717, 1.165) is 18.4 Å². The van der Waals surface area contributed by atoms with Crippen LogP contribution in [0.3, 0.4) is 0 Å². The van der Waals surface area contributed by atoms with Crippen LogP contribution in [0, 0.1) is 24.7 Å². The number of esters is 1. The molecule has 0 saturated heterocycles. The third-order valence-electron chi connectivity index (χ3n) is 4.45. The van der Waals surface area contributed by atoms with Crippen LogP contribution in [-0.2, 0) is 9.53 Å². The number of hydrogen-bond acceptors (Lipinski definition) is 3. The zero-order chi connectivity index (χ0) is 15.0. The van der Waals surface area contributed by atoms with E-state index in [4.69, 9.17) is 4.74 Å². The SMILES string of the molecule is COC(=O)c1cc(C)ccc1NC(=O)C1CC2C=CC1C2. The van der Waals surface area contributed by atoms with E-state index < -0.39 is 5.97 Å². The third kappa shape index (κ3) is 2.58. The van der Waals surface area contributed by atoms with Crippen molar-refractivity contribution < 1.29 is 14.3 Å². The highest BCUT2D eigenvalue weighted by atomic mass is 16.5. The van der Waals surface area contributed by atoms with Crippen molar-refractivity contribution in [2.24, 2.45) is 17.8 Å². The number of allylic oxidation sites excluding steroid dienone is 2. The first kappa shape index (κ1) is 13.9. The molecule has 1 saturated carbocycles. The van der Waals surface area contributed by atoms with Crippen LogP contribution in [-0.4, -0.2) is 19.0 Å². The number of carbonyl (C=O) groups excluding carboxylic acids is 2. The summed E-state index contributed by atoms with van der Waals surface area (Å²) in [6, 6.07) is 5.38. The standard InChI is InChI=1S/C17H19NO3/c1-10-3-6-15(14(7-10)17(20)21-2)18-16(19)13-9-11-4-5-12(13)8-11/h3-7,11-13H,8-9H2,1-2H3,(H,18,19). The lowest BCUT2D eigenvalue weighted by Gasteiger charge is -2.18. The van der Waals surface area contributed by atoms with E-state index in [2.05, 4.69) is 17.5 Å². The highest BCUT2D eigenvalue weighted by molar-refractivity contribution is 6.02. The van der Waals surface area contributed by atoms with Crippen LogP contribution in [0.1, 0.15) is 28.8 Å². The van der Waals surface area contributed by atoms with E-state index in [0.29, 0.717) is 23.1 Å². The minimum atomic E-state index is -0.429. The van der Waals surface area contributed by atoms with Crippen molar-refractivity contribution in [2.45, 2.75) is 19.8 Å². The van der Waals surface area contributed by atoms with Gasteiger partial charge in [-0.15, -0.1) is 0 Å². The molecule has 3 rings (SSSR count). The van der Waals surface area contributed by atoms with E-state index in [9.17, 15) is 9.59 Å². The average molecular weight is 285 g/mol. The first-order valence-electron chi connectivity index (χ1n) is 7.26. The van der Waals surface area contributed by atoms with Gasteiger partial charge in [0.05, 0.1) is 18.4 Å². The van der Waals surface area contributed by atoms with Gasteiger partial charge in [0, 0.05) is 5.92 Å². The lowest BCUT2D eigenvalue weighted by molar-refractivity contribution is -0.120. The Labute approximate surface area is 124 Å². The Bertz CT molecular complexity index is 620. The molecule has 3 atom stereocenters. The van der Waals surface area contributed by atoms with Crippen molar-refractivity contribution in [3.63, 3.8) is 0 Å². The van der Waals surface area contributed by atoms with Crippen molar-refractivity contribution in [3.8, 4) is 0 Å². The van der Waals surface area contributed by atoms with Gasteiger partial charge in [0.15, 0.2) is 0 Å². The fourth-order valence-electron chi connectivity index (χ4n) is 3.35. The molecule has 0 spiro atoms. The van der Waals surface area contributed by atoms with Crippen molar-refractivity contribution in [3.05, 3.63) is 41.5 Å². The third-order valence-corrected chi connectivity index (χ3v) is 4.45. The molecule has 3 unspecified atom stereocenters. The molecule has 21 heavy (non-hydrogen) atoms. The molecule has 4 heteroatoms. The molecule has 1 N–H and O–H groups in total. The fraction of sp³-hybridized carbons (Fsp3) is 0.412. The van der Waals surface area contributed by atoms with Crippen LogP contribution < -0.4 is 5.32 Å². The molecule has 110 valence electrons. The Morgan fingerprint density at radius 3 is 2.67 bits per heavy atom. The maximum atomic E-state index is 12.5. The van der Waals surface area contributed by atoms with Gasteiger partial charge in [0.1, 0.15) is 0 Å². The van der Waals surface area contributed by atoms with Gasteiger partial charge < -0.3 is 10.1 Å². The first-order chi connectivity index (χ1) is 10.1. The van der Waals surface area contributed by atoms with Gasteiger partial charge in [-0.05, 0) is 43.7 Å². The van der Waals surface area contributed by atoms with Crippen LogP contribution in [0.25, 0.3) is 0 Å². The maximum Gasteiger partial charge on any atom is 0.339 e. The summed E-state index contributed by atoms with van der Waals surface area (Å²) in [5.41, 5.74) is 1.89. The van der Waals surface area contributed by atoms with E-state index in [1.54, 1.807) is 12.1 Å². The van der Waals surface area contributed by atoms with Crippen LogP contribution >= 0.6 is 0 Å². The summed E-state index contributed by atoms with van der Waals surface area (Å²) in [5.74, 6) is 0.486. The molecular weight excluding hydrogens is 266 g/mol.